The van der Waals surface area contributed by atoms with E-state index in [1.165, 1.54) is 47.3 Å². The molecule has 0 atom stereocenters. The fourth-order valence-electron chi connectivity index (χ4n) is 3.14. The first kappa shape index (κ1) is 19.9. The van der Waals surface area contributed by atoms with Crippen LogP contribution in [0.25, 0.3) is 10.9 Å². The Balaban J connectivity index is 0.000000170. The average molecular weight is 387 g/mol. The van der Waals surface area contributed by atoms with E-state index in [1.54, 1.807) is 0 Å². The van der Waals surface area contributed by atoms with Gasteiger partial charge in [0, 0.05) is 17.6 Å². The number of nitrogens with one attached hydrogen (secondary N) is 1. The molecule has 29 heavy (non-hydrogen) atoms. The molecule has 0 saturated heterocycles. The molecule has 0 aliphatic carbocycles. The number of benzene rings is 3. The van der Waals surface area contributed by atoms with Crippen LogP contribution in [0.4, 0.5) is 0 Å². The van der Waals surface area contributed by atoms with Crippen LogP contribution in [0.1, 0.15) is 37.5 Å². The van der Waals surface area contributed by atoms with Crippen molar-refractivity contribution >= 4 is 22.8 Å². The van der Waals surface area contributed by atoms with Crippen molar-refractivity contribution in [3.8, 4) is 0 Å². The van der Waals surface area contributed by atoms with Crippen molar-refractivity contribution < 1.29 is 19.8 Å². The highest BCUT2D eigenvalue weighted by molar-refractivity contribution is 5.96. The highest BCUT2D eigenvalue weighted by atomic mass is 16.4. The van der Waals surface area contributed by atoms with Crippen molar-refractivity contribution in [2.24, 2.45) is 0 Å². The molecule has 4 aromatic rings. The van der Waals surface area contributed by atoms with Gasteiger partial charge in [-0.3, -0.25) is 0 Å². The molecule has 3 aromatic carbocycles. The second kappa shape index (κ2) is 8.89. The monoisotopic (exact) mass is 387 g/mol. The maximum absolute atomic E-state index is 10.6. The summed E-state index contributed by atoms with van der Waals surface area (Å²) >= 11 is 0. The smallest absolute Gasteiger partial charge is 0.335 e. The Morgan fingerprint density at radius 1 is 0.793 bits per heavy atom. The molecule has 0 spiro atoms. The van der Waals surface area contributed by atoms with Crippen LogP contribution in [-0.2, 0) is 6.42 Å². The minimum atomic E-state index is -1.11. The fraction of sp³-hybridized carbons (Fsp3) is 0.0833. The third-order valence-electron chi connectivity index (χ3n) is 4.62. The number of fused-ring (bicyclic) bond motifs is 1. The largest absolute Gasteiger partial charge is 0.478 e. The minimum Gasteiger partial charge on any atom is -0.478 e. The second-order valence-electron chi connectivity index (χ2n) is 6.63. The van der Waals surface area contributed by atoms with Gasteiger partial charge in [-0.2, -0.15) is 0 Å². The van der Waals surface area contributed by atoms with E-state index >= 15 is 0 Å². The topological polar surface area (TPSA) is 90.4 Å². The first-order valence-corrected chi connectivity index (χ1v) is 9.12. The fourth-order valence-corrected chi connectivity index (χ4v) is 3.14. The third kappa shape index (κ3) is 4.90. The molecule has 0 amide bonds. The third-order valence-corrected chi connectivity index (χ3v) is 4.62. The van der Waals surface area contributed by atoms with Gasteiger partial charge in [0.25, 0.3) is 0 Å². The number of hydrogen-bond acceptors (Lipinski definition) is 2. The molecule has 3 N–H and O–H groups in total. The Hall–Kier alpha value is -3.86. The van der Waals surface area contributed by atoms with Gasteiger partial charge in [0.1, 0.15) is 0 Å². The van der Waals surface area contributed by atoms with Crippen molar-refractivity contribution in [3.63, 3.8) is 0 Å². The number of rotatable bonds is 4. The highest BCUT2D eigenvalue weighted by Crippen LogP contribution is 2.17. The van der Waals surface area contributed by atoms with Crippen LogP contribution in [0.15, 0.2) is 78.9 Å². The number of para-hydroxylation sites is 1. The van der Waals surface area contributed by atoms with E-state index < -0.39 is 11.9 Å². The van der Waals surface area contributed by atoms with Crippen LogP contribution < -0.4 is 0 Å². The summed E-state index contributed by atoms with van der Waals surface area (Å²) in [5.41, 5.74) is 4.16. The molecule has 4 rings (SSSR count). The van der Waals surface area contributed by atoms with Crippen LogP contribution in [-0.4, -0.2) is 27.1 Å². The number of carbonyl (C=O) groups is 2. The molecule has 0 fully saturated rings. The summed E-state index contributed by atoms with van der Waals surface area (Å²) in [7, 11) is 0. The number of aromatic carboxylic acids is 2. The van der Waals surface area contributed by atoms with Crippen molar-refractivity contribution in [2.45, 2.75) is 13.3 Å². The van der Waals surface area contributed by atoms with E-state index in [1.807, 2.05) is 0 Å². The molecule has 5 heteroatoms. The van der Waals surface area contributed by atoms with Gasteiger partial charge in [0.05, 0.1) is 11.1 Å². The number of hydrogen-bond donors (Lipinski definition) is 3. The Morgan fingerprint density at radius 2 is 1.38 bits per heavy atom. The lowest BCUT2D eigenvalue weighted by atomic mass is 10.0. The predicted molar refractivity (Wildman–Crippen MR) is 113 cm³/mol. The Morgan fingerprint density at radius 3 is 1.97 bits per heavy atom. The zero-order valence-corrected chi connectivity index (χ0v) is 15.9. The van der Waals surface area contributed by atoms with Crippen molar-refractivity contribution in [1.82, 2.24) is 4.98 Å². The maximum atomic E-state index is 10.6. The van der Waals surface area contributed by atoms with E-state index in [2.05, 4.69) is 65.6 Å². The number of aromatic nitrogens is 1. The Bertz CT molecular complexity index is 1080. The normalized spacial score (nSPS) is 10.2. The zero-order chi connectivity index (χ0) is 20.8. The lowest BCUT2D eigenvalue weighted by Gasteiger charge is -2.03. The summed E-state index contributed by atoms with van der Waals surface area (Å²) in [6.07, 6.45) is 0.968. The summed E-state index contributed by atoms with van der Waals surface area (Å²) in [6, 6.07) is 25.3. The van der Waals surface area contributed by atoms with Crippen molar-refractivity contribution in [2.75, 3.05) is 0 Å². The molecule has 0 bridgehead atoms. The van der Waals surface area contributed by atoms with E-state index in [0.717, 1.165) is 6.42 Å². The zero-order valence-electron chi connectivity index (χ0n) is 15.9. The summed E-state index contributed by atoms with van der Waals surface area (Å²) < 4.78 is 0. The van der Waals surface area contributed by atoms with Gasteiger partial charge >= 0.3 is 11.9 Å². The summed E-state index contributed by atoms with van der Waals surface area (Å²) in [6.45, 7) is 1.48. The number of carboxylic acids is 2. The Labute approximate surface area is 168 Å². The van der Waals surface area contributed by atoms with Crippen LogP contribution in [0.3, 0.4) is 0 Å². The van der Waals surface area contributed by atoms with Gasteiger partial charge in [-0.25, -0.2) is 9.59 Å². The number of aromatic amines is 1. The Kier molecular flexibility index (Phi) is 6.09. The molecule has 5 nitrogen and oxygen atoms in total. The van der Waals surface area contributed by atoms with Crippen LogP contribution in [0.5, 0.6) is 0 Å². The van der Waals surface area contributed by atoms with E-state index in [4.69, 9.17) is 10.2 Å². The standard InChI is InChI=1S/C15H13N.C9H8O4/c1-2-6-12(7-3-1)10-14-11-13-8-4-5-9-15(13)16-14;1-5-6(8(10)11)3-2-4-7(5)9(12)13/h1-9,11,16H,10H2;2-4H,1H3,(H,10,11)(H,12,13). The SMILES string of the molecule is Cc1c(C(=O)O)cccc1C(=O)O.c1ccc(Cc2cc3ccccc3[nH]2)cc1. The molecule has 1 heterocycles. The molecule has 1 aromatic heterocycles. The average Bonchev–Trinajstić information content (AvgIpc) is 3.11. The van der Waals surface area contributed by atoms with Crippen molar-refractivity contribution in [3.05, 3.63) is 107 Å². The summed E-state index contributed by atoms with van der Waals surface area (Å²) in [5.74, 6) is -2.22. The van der Waals surface area contributed by atoms with E-state index in [9.17, 15) is 9.59 Å². The van der Waals surface area contributed by atoms with Gasteiger partial charge in [-0.05, 0) is 47.7 Å². The molecule has 146 valence electrons. The van der Waals surface area contributed by atoms with E-state index in [-0.39, 0.29) is 16.7 Å². The van der Waals surface area contributed by atoms with Gasteiger partial charge < -0.3 is 15.2 Å². The lowest BCUT2D eigenvalue weighted by Crippen LogP contribution is -2.06. The molecule has 0 aliphatic heterocycles. The summed E-state index contributed by atoms with van der Waals surface area (Å²) in [5, 5.41) is 18.6. The first-order chi connectivity index (χ1) is 14.0. The molecule has 0 radical (unpaired) electrons. The van der Waals surface area contributed by atoms with E-state index in [0.29, 0.717) is 0 Å². The molecular weight excluding hydrogens is 366 g/mol. The second-order valence-corrected chi connectivity index (χ2v) is 6.63. The number of H-pyrrole nitrogens is 1. The van der Waals surface area contributed by atoms with Gasteiger partial charge in [-0.15, -0.1) is 0 Å². The molecule has 0 saturated carbocycles. The van der Waals surface area contributed by atoms with Gasteiger partial charge in [0.15, 0.2) is 0 Å². The van der Waals surface area contributed by atoms with Gasteiger partial charge in [-0.1, -0.05) is 54.6 Å². The quantitative estimate of drug-likeness (QED) is 0.452. The lowest BCUT2D eigenvalue weighted by molar-refractivity contribution is 0.0696. The molecule has 0 aliphatic rings. The number of carboxylic acid groups (broad SMARTS) is 2. The van der Waals surface area contributed by atoms with Crippen molar-refractivity contribution in [1.29, 1.82) is 0 Å². The summed E-state index contributed by atoms with van der Waals surface area (Å²) in [4.78, 5) is 24.7. The maximum Gasteiger partial charge on any atom is 0.335 e. The first-order valence-electron chi connectivity index (χ1n) is 9.12. The van der Waals surface area contributed by atoms with Crippen LogP contribution in [0.2, 0.25) is 0 Å². The van der Waals surface area contributed by atoms with Gasteiger partial charge in [0.2, 0.25) is 0 Å². The molecular formula is C24H21NO4. The minimum absolute atomic E-state index is 0.0277. The van der Waals surface area contributed by atoms with Crippen LogP contribution in [0, 0.1) is 6.92 Å². The highest BCUT2D eigenvalue weighted by Gasteiger charge is 2.13. The predicted octanol–water partition coefficient (Wildman–Crippen LogP) is 5.15. The van der Waals surface area contributed by atoms with Crippen LogP contribution >= 0.6 is 0 Å². The molecule has 0 unspecified atom stereocenters.